The lowest BCUT2D eigenvalue weighted by atomic mass is 10.0. The number of hydrogen-bond acceptors (Lipinski definition) is 7. The number of nitrogens with one attached hydrogen (secondary N) is 2. The molecule has 0 unspecified atom stereocenters. The van der Waals surface area contributed by atoms with Crippen molar-refractivity contribution in [1.82, 2.24) is 20.2 Å². The van der Waals surface area contributed by atoms with E-state index in [0.29, 0.717) is 35.0 Å². The maximum atomic E-state index is 13.8. The normalized spacial score (nSPS) is 14.4. The molecule has 0 atom stereocenters. The van der Waals surface area contributed by atoms with Gasteiger partial charge in [0.05, 0.1) is 5.56 Å². The number of nitrogens with zero attached hydrogens (tertiary/aromatic N) is 3. The number of ketones is 1. The van der Waals surface area contributed by atoms with Crippen molar-refractivity contribution in [2.75, 3.05) is 25.5 Å². The lowest BCUT2D eigenvalue weighted by Gasteiger charge is -2.29. The predicted octanol–water partition coefficient (Wildman–Crippen LogP) is 6.09. The predicted molar refractivity (Wildman–Crippen MR) is 150 cm³/mol. The van der Waals surface area contributed by atoms with Gasteiger partial charge in [-0.05, 0) is 88.6 Å². The third kappa shape index (κ3) is 7.29. The quantitative estimate of drug-likeness (QED) is 0.238. The van der Waals surface area contributed by atoms with Crippen molar-refractivity contribution in [2.24, 2.45) is 0 Å². The molecule has 4 rings (SSSR count). The minimum Gasteiger partial charge on any atom is -0.437 e. The smallest absolute Gasteiger partial charge is 0.423 e. The summed E-state index contributed by atoms with van der Waals surface area (Å²) >= 11 is 0. The summed E-state index contributed by atoms with van der Waals surface area (Å²) in [5.74, 6) is -1.50. The Labute approximate surface area is 236 Å². The maximum absolute atomic E-state index is 13.8. The number of hydrogen-bond donors (Lipinski definition) is 2. The van der Waals surface area contributed by atoms with Crippen LogP contribution in [0, 0.1) is 6.92 Å². The first kappa shape index (κ1) is 29.7. The molecular weight excluding hydrogens is 535 g/mol. The fourth-order valence-electron chi connectivity index (χ4n) is 4.68. The van der Waals surface area contributed by atoms with Crippen LogP contribution < -0.4 is 15.4 Å². The van der Waals surface area contributed by atoms with Gasteiger partial charge >= 0.3 is 6.18 Å². The first-order valence-corrected chi connectivity index (χ1v) is 13.2. The van der Waals surface area contributed by atoms with Crippen LogP contribution in [0.2, 0.25) is 0 Å². The van der Waals surface area contributed by atoms with Gasteiger partial charge < -0.3 is 20.3 Å². The highest BCUT2D eigenvalue weighted by atomic mass is 19.4. The molecule has 1 fully saturated rings. The van der Waals surface area contributed by atoms with Crippen LogP contribution in [-0.4, -0.2) is 52.7 Å². The van der Waals surface area contributed by atoms with E-state index in [2.05, 4.69) is 32.1 Å². The lowest BCUT2D eigenvalue weighted by molar-refractivity contribution is -0.139. The molecule has 2 heterocycles. The number of alkyl halides is 3. The second-order valence-corrected chi connectivity index (χ2v) is 10.1. The Morgan fingerprint density at radius 2 is 1.93 bits per heavy atom. The standard InChI is InChI=1S/C30H32F3N5O3/c1-5-7-20-8-6-9-25(26(20)19(3)39)41-28-23(30(31,32)33)17-34-29(37-28)36-24-11-10-21(16-18(24)2)27(40)35-22-12-14-38(4)15-13-22/h5-6,8-11,16-17,22H,1,7,12-15H2,2-4H3,(H,35,40)(H,34,36,37). The third-order valence-electron chi connectivity index (χ3n) is 6.88. The highest BCUT2D eigenvalue weighted by molar-refractivity contribution is 5.98. The zero-order valence-electron chi connectivity index (χ0n) is 23.1. The summed E-state index contributed by atoms with van der Waals surface area (Å²) in [4.78, 5) is 35.2. The molecule has 0 bridgehead atoms. The van der Waals surface area contributed by atoms with E-state index in [1.165, 1.54) is 13.0 Å². The second kappa shape index (κ2) is 12.5. The van der Waals surface area contributed by atoms with E-state index in [1.807, 2.05) is 7.05 Å². The largest absolute Gasteiger partial charge is 0.437 e. The number of piperidine rings is 1. The zero-order chi connectivity index (χ0) is 29.7. The Morgan fingerprint density at radius 3 is 2.56 bits per heavy atom. The Kier molecular flexibility index (Phi) is 9.07. The van der Waals surface area contributed by atoms with E-state index in [-0.39, 0.29) is 35.0 Å². The van der Waals surface area contributed by atoms with Crippen molar-refractivity contribution in [3.63, 3.8) is 0 Å². The first-order chi connectivity index (χ1) is 19.5. The van der Waals surface area contributed by atoms with Gasteiger partial charge in [0, 0.05) is 23.5 Å². The van der Waals surface area contributed by atoms with Gasteiger partial charge in [-0.3, -0.25) is 9.59 Å². The van der Waals surface area contributed by atoms with Crippen molar-refractivity contribution < 1.29 is 27.5 Å². The molecule has 3 aromatic rings. The summed E-state index contributed by atoms with van der Waals surface area (Å²) in [6, 6.07) is 9.76. The van der Waals surface area contributed by atoms with E-state index in [0.717, 1.165) is 25.9 Å². The van der Waals surface area contributed by atoms with Crippen molar-refractivity contribution in [1.29, 1.82) is 0 Å². The van der Waals surface area contributed by atoms with Crippen LogP contribution >= 0.6 is 0 Å². The van der Waals surface area contributed by atoms with Gasteiger partial charge in [-0.25, -0.2) is 4.98 Å². The first-order valence-electron chi connectivity index (χ1n) is 13.2. The van der Waals surface area contributed by atoms with Crippen molar-refractivity contribution in [2.45, 2.75) is 45.3 Å². The molecular formula is C30H32F3N5O3. The number of Topliss-reactive ketones (excluding diaryl/α,β-unsaturated/α-hetero) is 1. The minimum atomic E-state index is -4.80. The molecule has 1 aliphatic rings. The number of benzene rings is 2. The highest BCUT2D eigenvalue weighted by Crippen LogP contribution is 2.38. The lowest BCUT2D eigenvalue weighted by Crippen LogP contribution is -2.43. The highest BCUT2D eigenvalue weighted by Gasteiger charge is 2.37. The molecule has 8 nitrogen and oxygen atoms in total. The molecule has 1 aromatic heterocycles. The number of likely N-dealkylation sites (tertiary alicyclic amines) is 1. The molecule has 11 heteroatoms. The van der Waals surface area contributed by atoms with E-state index in [9.17, 15) is 22.8 Å². The molecule has 1 amide bonds. The average Bonchev–Trinajstić information content (AvgIpc) is 2.90. The number of amides is 1. The molecule has 2 aromatic carbocycles. The third-order valence-corrected chi connectivity index (χ3v) is 6.88. The van der Waals surface area contributed by atoms with Gasteiger partial charge in [-0.2, -0.15) is 18.2 Å². The van der Waals surface area contributed by atoms with Crippen LogP contribution in [0.5, 0.6) is 11.6 Å². The molecule has 0 spiro atoms. The van der Waals surface area contributed by atoms with Gasteiger partial charge in [0.15, 0.2) is 5.78 Å². The van der Waals surface area contributed by atoms with Crippen LogP contribution in [-0.2, 0) is 12.6 Å². The summed E-state index contributed by atoms with van der Waals surface area (Å²) < 4.78 is 47.1. The second-order valence-electron chi connectivity index (χ2n) is 10.1. The minimum absolute atomic E-state index is 0.0526. The maximum Gasteiger partial charge on any atom is 0.423 e. The summed E-state index contributed by atoms with van der Waals surface area (Å²) in [5.41, 5.74) is 1.18. The molecule has 0 aliphatic carbocycles. The molecule has 2 N–H and O–H groups in total. The Balaban J connectivity index is 1.58. The van der Waals surface area contributed by atoms with E-state index < -0.39 is 17.6 Å². The van der Waals surface area contributed by atoms with Crippen LogP contribution in [0.3, 0.4) is 0 Å². The molecule has 41 heavy (non-hydrogen) atoms. The molecule has 0 radical (unpaired) electrons. The Bertz CT molecular complexity index is 1450. The van der Waals surface area contributed by atoms with Crippen LogP contribution in [0.25, 0.3) is 0 Å². The van der Waals surface area contributed by atoms with Crippen LogP contribution in [0.15, 0.2) is 55.3 Å². The molecule has 1 saturated heterocycles. The van der Waals surface area contributed by atoms with E-state index >= 15 is 0 Å². The average molecular weight is 568 g/mol. The van der Waals surface area contributed by atoms with Gasteiger partial charge in [-0.1, -0.05) is 18.2 Å². The number of rotatable bonds is 9. The van der Waals surface area contributed by atoms with E-state index in [1.54, 1.807) is 43.3 Å². The SMILES string of the molecule is C=CCc1cccc(Oc2nc(Nc3ccc(C(=O)NC4CCN(C)CC4)cc3C)ncc2C(F)(F)F)c1C(C)=O. The number of allylic oxidation sites excluding steroid dienone is 1. The molecule has 0 saturated carbocycles. The summed E-state index contributed by atoms with van der Waals surface area (Å²) in [6.07, 6.45) is -0.496. The topological polar surface area (TPSA) is 96.4 Å². The monoisotopic (exact) mass is 567 g/mol. The van der Waals surface area contributed by atoms with Gasteiger partial charge in [-0.15, -0.1) is 6.58 Å². The van der Waals surface area contributed by atoms with Crippen LogP contribution in [0.1, 0.15) is 57.2 Å². The van der Waals surface area contributed by atoms with Gasteiger partial charge in [0.1, 0.15) is 11.3 Å². The number of aryl methyl sites for hydroxylation is 1. The summed E-state index contributed by atoms with van der Waals surface area (Å²) in [6.45, 7) is 8.58. The molecule has 1 aliphatic heterocycles. The fourth-order valence-corrected chi connectivity index (χ4v) is 4.68. The number of carbonyl (C=O) groups is 2. The summed E-state index contributed by atoms with van der Waals surface area (Å²) in [5, 5.41) is 5.98. The number of anilines is 2. The molecule has 216 valence electrons. The number of carbonyl (C=O) groups excluding carboxylic acids is 2. The van der Waals surface area contributed by atoms with Gasteiger partial charge in [0.25, 0.3) is 5.91 Å². The van der Waals surface area contributed by atoms with E-state index in [4.69, 9.17) is 4.74 Å². The fraction of sp³-hybridized carbons (Fsp3) is 0.333. The number of aromatic nitrogens is 2. The van der Waals surface area contributed by atoms with Gasteiger partial charge in [0.2, 0.25) is 11.8 Å². The van der Waals surface area contributed by atoms with Crippen LogP contribution in [0.4, 0.5) is 24.8 Å². The Morgan fingerprint density at radius 1 is 1.20 bits per heavy atom. The number of halogens is 3. The zero-order valence-corrected chi connectivity index (χ0v) is 23.1. The van der Waals surface area contributed by atoms with Crippen molar-refractivity contribution >= 4 is 23.3 Å². The van der Waals surface area contributed by atoms with Crippen molar-refractivity contribution in [3.8, 4) is 11.6 Å². The summed E-state index contributed by atoms with van der Waals surface area (Å²) in [7, 11) is 2.05. The van der Waals surface area contributed by atoms with Crippen molar-refractivity contribution in [3.05, 3.63) is 83.1 Å². The Hall–Kier alpha value is -4.25. The number of ether oxygens (including phenoxy) is 1.